The third-order valence-electron chi connectivity index (χ3n) is 3.44. The summed E-state index contributed by atoms with van der Waals surface area (Å²) in [7, 11) is 0. The van der Waals surface area contributed by atoms with E-state index in [2.05, 4.69) is 39.9 Å². The summed E-state index contributed by atoms with van der Waals surface area (Å²) in [6, 6.07) is 0. The fraction of sp³-hybridized carbons (Fsp3) is 0.923. The molecular formula is C13H26N2O. The Balaban J connectivity index is 2.63. The van der Waals surface area contributed by atoms with E-state index in [0.29, 0.717) is 12.5 Å². The van der Waals surface area contributed by atoms with Crippen molar-refractivity contribution >= 4 is 5.91 Å². The van der Waals surface area contributed by atoms with Gasteiger partial charge in [-0.3, -0.25) is 10.1 Å². The lowest BCUT2D eigenvalue weighted by Crippen LogP contribution is -2.43. The Morgan fingerprint density at radius 3 is 2.62 bits per heavy atom. The van der Waals surface area contributed by atoms with E-state index in [4.69, 9.17) is 0 Å². The summed E-state index contributed by atoms with van der Waals surface area (Å²) in [5, 5.41) is 3.31. The molecule has 0 radical (unpaired) electrons. The van der Waals surface area contributed by atoms with E-state index < -0.39 is 0 Å². The smallest absolute Gasteiger partial charge is 0.237 e. The molecule has 0 spiro atoms. The average Bonchev–Trinajstić information content (AvgIpc) is 2.49. The van der Waals surface area contributed by atoms with Crippen molar-refractivity contribution in [2.24, 2.45) is 11.3 Å². The maximum Gasteiger partial charge on any atom is 0.237 e. The molecule has 1 atom stereocenters. The maximum atomic E-state index is 11.8. The van der Waals surface area contributed by atoms with Crippen LogP contribution in [0.25, 0.3) is 0 Å². The number of hydrogen-bond acceptors (Lipinski definition) is 2. The molecule has 1 amide bonds. The largest absolute Gasteiger partial charge is 0.326 e. The molecular weight excluding hydrogens is 200 g/mol. The van der Waals surface area contributed by atoms with Crippen molar-refractivity contribution in [2.75, 3.05) is 13.1 Å². The monoisotopic (exact) mass is 226 g/mol. The van der Waals surface area contributed by atoms with Crippen LogP contribution >= 0.6 is 0 Å². The minimum absolute atomic E-state index is 0.219. The molecule has 3 nitrogen and oxygen atoms in total. The van der Waals surface area contributed by atoms with Crippen LogP contribution in [0.5, 0.6) is 0 Å². The van der Waals surface area contributed by atoms with Crippen LogP contribution in [0.3, 0.4) is 0 Å². The molecule has 1 heterocycles. The Hall–Kier alpha value is -0.570. The highest BCUT2D eigenvalue weighted by Crippen LogP contribution is 2.25. The lowest BCUT2D eigenvalue weighted by Gasteiger charge is -2.33. The Morgan fingerprint density at radius 2 is 2.12 bits per heavy atom. The first-order valence-corrected chi connectivity index (χ1v) is 6.38. The molecule has 1 fully saturated rings. The van der Waals surface area contributed by atoms with Gasteiger partial charge < -0.3 is 4.90 Å². The van der Waals surface area contributed by atoms with Gasteiger partial charge in [0.2, 0.25) is 5.91 Å². The second kappa shape index (κ2) is 5.17. The maximum absolute atomic E-state index is 11.8. The van der Waals surface area contributed by atoms with Crippen LogP contribution in [0.15, 0.2) is 0 Å². The molecule has 1 unspecified atom stereocenters. The standard InChI is InChI=1S/C13H26N2O/c1-6-13(4,5)9-15-11(7-10(2)3)14-8-12(15)16/h10-11,14H,6-9H2,1-5H3. The number of nitrogens with one attached hydrogen (secondary N) is 1. The molecule has 1 N–H and O–H groups in total. The zero-order valence-electron chi connectivity index (χ0n) is 11.3. The third-order valence-corrected chi connectivity index (χ3v) is 3.44. The summed E-state index contributed by atoms with van der Waals surface area (Å²) in [5.41, 5.74) is 0.219. The predicted octanol–water partition coefficient (Wildman–Crippen LogP) is 2.23. The number of hydrogen-bond donors (Lipinski definition) is 1. The van der Waals surface area contributed by atoms with Crippen LogP contribution in [0.4, 0.5) is 0 Å². The Bertz CT molecular complexity index is 248. The Labute approximate surface area is 99.6 Å². The number of carbonyl (C=O) groups excluding carboxylic acids is 1. The number of rotatable bonds is 5. The van der Waals surface area contributed by atoms with E-state index in [1.54, 1.807) is 0 Å². The van der Waals surface area contributed by atoms with Crippen LogP contribution in [-0.2, 0) is 4.79 Å². The molecule has 0 bridgehead atoms. The van der Waals surface area contributed by atoms with Crippen molar-refractivity contribution in [1.29, 1.82) is 0 Å². The van der Waals surface area contributed by atoms with Crippen molar-refractivity contribution in [3.63, 3.8) is 0 Å². The first-order valence-electron chi connectivity index (χ1n) is 6.38. The highest BCUT2D eigenvalue weighted by Gasteiger charge is 2.33. The zero-order valence-corrected chi connectivity index (χ0v) is 11.3. The van der Waals surface area contributed by atoms with Gasteiger partial charge in [-0.1, -0.05) is 34.6 Å². The summed E-state index contributed by atoms with van der Waals surface area (Å²) < 4.78 is 0. The van der Waals surface area contributed by atoms with Gasteiger partial charge in [0.1, 0.15) is 0 Å². The summed E-state index contributed by atoms with van der Waals surface area (Å²) >= 11 is 0. The molecule has 3 heteroatoms. The SMILES string of the molecule is CCC(C)(C)CN1C(=O)CNC1CC(C)C. The van der Waals surface area contributed by atoms with Gasteiger partial charge in [-0.05, 0) is 24.2 Å². The van der Waals surface area contributed by atoms with E-state index >= 15 is 0 Å². The molecule has 0 saturated carbocycles. The Morgan fingerprint density at radius 1 is 1.50 bits per heavy atom. The van der Waals surface area contributed by atoms with Gasteiger partial charge in [0.25, 0.3) is 0 Å². The van der Waals surface area contributed by atoms with Gasteiger partial charge in [0.05, 0.1) is 12.7 Å². The molecule has 0 aliphatic carbocycles. The molecule has 0 aromatic carbocycles. The molecule has 0 aromatic rings. The van der Waals surface area contributed by atoms with Gasteiger partial charge in [-0.15, -0.1) is 0 Å². The van der Waals surface area contributed by atoms with Gasteiger partial charge in [0, 0.05) is 6.54 Å². The van der Waals surface area contributed by atoms with E-state index in [0.717, 1.165) is 19.4 Å². The van der Waals surface area contributed by atoms with Crippen molar-refractivity contribution in [3.05, 3.63) is 0 Å². The molecule has 0 aromatic heterocycles. The number of nitrogens with zero attached hydrogens (tertiary/aromatic N) is 1. The predicted molar refractivity (Wildman–Crippen MR) is 67.0 cm³/mol. The van der Waals surface area contributed by atoms with Crippen molar-refractivity contribution in [3.8, 4) is 0 Å². The van der Waals surface area contributed by atoms with E-state index in [9.17, 15) is 4.79 Å². The first-order chi connectivity index (χ1) is 7.35. The summed E-state index contributed by atoms with van der Waals surface area (Å²) in [6.45, 7) is 12.4. The van der Waals surface area contributed by atoms with Crippen molar-refractivity contribution in [2.45, 2.75) is 53.6 Å². The van der Waals surface area contributed by atoms with E-state index in [1.165, 1.54) is 0 Å². The minimum Gasteiger partial charge on any atom is -0.326 e. The molecule has 1 aliphatic heterocycles. The summed E-state index contributed by atoms with van der Waals surface area (Å²) in [4.78, 5) is 13.9. The lowest BCUT2D eigenvalue weighted by molar-refractivity contribution is -0.129. The second-order valence-electron chi connectivity index (χ2n) is 6.07. The quantitative estimate of drug-likeness (QED) is 0.779. The summed E-state index contributed by atoms with van der Waals surface area (Å²) in [5.74, 6) is 0.878. The highest BCUT2D eigenvalue weighted by molar-refractivity contribution is 5.80. The van der Waals surface area contributed by atoms with Crippen molar-refractivity contribution in [1.82, 2.24) is 10.2 Å². The second-order valence-corrected chi connectivity index (χ2v) is 6.07. The molecule has 94 valence electrons. The van der Waals surface area contributed by atoms with Gasteiger partial charge in [-0.2, -0.15) is 0 Å². The van der Waals surface area contributed by atoms with Crippen LogP contribution in [-0.4, -0.2) is 30.1 Å². The zero-order chi connectivity index (χ0) is 12.3. The topological polar surface area (TPSA) is 32.3 Å². The van der Waals surface area contributed by atoms with Crippen LogP contribution in [0.1, 0.15) is 47.5 Å². The Kier molecular flexibility index (Phi) is 4.36. The number of amides is 1. The molecule has 1 aliphatic rings. The summed E-state index contributed by atoms with van der Waals surface area (Å²) in [6.07, 6.45) is 2.40. The highest BCUT2D eigenvalue weighted by atomic mass is 16.2. The van der Waals surface area contributed by atoms with Crippen LogP contribution in [0, 0.1) is 11.3 Å². The van der Waals surface area contributed by atoms with Crippen LogP contribution in [0.2, 0.25) is 0 Å². The minimum atomic E-state index is 0.219. The van der Waals surface area contributed by atoms with E-state index in [1.807, 2.05) is 4.90 Å². The number of carbonyl (C=O) groups is 1. The van der Waals surface area contributed by atoms with Crippen molar-refractivity contribution < 1.29 is 4.79 Å². The fourth-order valence-corrected chi connectivity index (χ4v) is 2.02. The molecule has 1 rings (SSSR count). The first kappa shape index (κ1) is 13.5. The normalized spacial score (nSPS) is 22.2. The molecule has 16 heavy (non-hydrogen) atoms. The third kappa shape index (κ3) is 3.48. The average molecular weight is 226 g/mol. The van der Waals surface area contributed by atoms with Crippen LogP contribution < -0.4 is 5.32 Å². The van der Waals surface area contributed by atoms with E-state index in [-0.39, 0.29) is 17.5 Å². The van der Waals surface area contributed by atoms with Gasteiger partial charge >= 0.3 is 0 Å². The molecule has 1 saturated heterocycles. The fourth-order valence-electron chi connectivity index (χ4n) is 2.02. The van der Waals surface area contributed by atoms with Gasteiger partial charge in [0.15, 0.2) is 0 Å². The lowest BCUT2D eigenvalue weighted by atomic mass is 9.89. The van der Waals surface area contributed by atoms with Gasteiger partial charge in [-0.25, -0.2) is 0 Å².